The fraction of sp³-hybridized carbons (Fsp3) is 0.368. The van der Waals surface area contributed by atoms with Crippen molar-refractivity contribution in [3.63, 3.8) is 0 Å². The van der Waals surface area contributed by atoms with Crippen LogP contribution in [0.1, 0.15) is 70.0 Å². The number of hydrogen-bond acceptors (Lipinski definition) is 15. The van der Waals surface area contributed by atoms with E-state index in [-0.39, 0.29) is 17.7 Å². The molecule has 6 aromatic rings. The first-order valence-corrected chi connectivity index (χ1v) is 25.8. The Kier molecular flexibility index (Phi) is 16.3. The summed E-state index contributed by atoms with van der Waals surface area (Å²) in [6.07, 6.45) is 9.83. The van der Waals surface area contributed by atoms with Crippen LogP contribution in [0.25, 0.3) is 0 Å². The van der Waals surface area contributed by atoms with Gasteiger partial charge in [0.15, 0.2) is 17.4 Å². The molecule has 0 saturated carbocycles. The van der Waals surface area contributed by atoms with Crippen LogP contribution in [0.3, 0.4) is 0 Å². The lowest BCUT2D eigenvalue weighted by Gasteiger charge is -2.39. The fourth-order valence-electron chi connectivity index (χ4n) is 10.2. The van der Waals surface area contributed by atoms with Gasteiger partial charge in [-0.15, -0.1) is 0 Å². The topological polar surface area (TPSA) is 191 Å². The zero-order chi connectivity index (χ0) is 51.3. The number of carbonyl (C=O) groups excluding carboxylic acids is 3. The van der Waals surface area contributed by atoms with Crippen molar-refractivity contribution in [3.05, 3.63) is 163 Å². The van der Waals surface area contributed by atoms with Gasteiger partial charge in [0.25, 0.3) is 17.7 Å². The van der Waals surface area contributed by atoms with Crippen LogP contribution in [-0.4, -0.2) is 129 Å². The first kappa shape index (κ1) is 51.2. The van der Waals surface area contributed by atoms with E-state index in [1.54, 1.807) is 73.2 Å². The summed E-state index contributed by atoms with van der Waals surface area (Å²) >= 11 is 0. The zero-order valence-corrected chi connectivity index (χ0v) is 41.9. The standard InChI is InChI=1S/3C19H21N3O3/c3*23-18(16-6-3-4-10-20-16)21-15-5-1-2-7-17(15)22-11-8-19(9-12-22)24-13-14-25-19/h3*1-7,10H,8-9,11-14H2,(H,21,23). The Morgan fingerprint density at radius 2 is 0.587 bits per heavy atom. The van der Waals surface area contributed by atoms with Gasteiger partial charge in [-0.1, -0.05) is 54.6 Å². The number of para-hydroxylation sites is 6. The van der Waals surface area contributed by atoms with Gasteiger partial charge in [0, 0.05) is 96.4 Å². The molecule has 6 fully saturated rings. The number of rotatable bonds is 9. The smallest absolute Gasteiger partial charge is 0.274 e. The summed E-state index contributed by atoms with van der Waals surface area (Å²) in [5, 5.41) is 8.94. The minimum absolute atomic E-state index is 0.205. The van der Waals surface area contributed by atoms with Gasteiger partial charge in [-0.3, -0.25) is 29.3 Å². The molecule has 0 bridgehead atoms. The first-order chi connectivity index (χ1) is 36.8. The first-order valence-electron chi connectivity index (χ1n) is 25.8. The molecule has 12 rings (SSSR count). The molecule has 3 aromatic heterocycles. The maximum absolute atomic E-state index is 12.4. The van der Waals surface area contributed by atoms with E-state index < -0.39 is 17.4 Å². The van der Waals surface area contributed by atoms with Crippen molar-refractivity contribution in [1.82, 2.24) is 15.0 Å². The number of hydrogen-bond donors (Lipinski definition) is 3. The number of aromatic nitrogens is 3. The normalized spacial score (nSPS) is 19.1. The van der Waals surface area contributed by atoms with E-state index in [2.05, 4.69) is 45.6 Å². The number of nitrogens with one attached hydrogen (secondary N) is 3. The number of ether oxygens (including phenoxy) is 6. The minimum atomic E-state index is -0.400. The molecule has 3 aromatic carbocycles. The Balaban J connectivity index is 0.000000128. The largest absolute Gasteiger partial charge is 0.369 e. The van der Waals surface area contributed by atoms with Gasteiger partial charge in [0.1, 0.15) is 17.1 Å². The quantitative estimate of drug-likeness (QED) is 0.126. The molecule has 3 spiro atoms. The van der Waals surface area contributed by atoms with Crippen molar-refractivity contribution in [3.8, 4) is 0 Å². The Morgan fingerprint density at radius 1 is 0.347 bits per heavy atom. The van der Waals surface area contributed by atoms with Crippen molar-refractivity contribution in [2.24, 2.45) is 0 Å². The van der Waals surface area contributed by atoms with Crippen molar-refractivity contribution in [1.29, 1.82) is 0 Å². The molecule has 0 aliphatic carbocycles. The Labute approximate surface area is 436 Å². The molecule has 0 radical (unpaired) electrons. The third kappa shape index (κ3) is 12.6. The molecule has 75 heavy (non-hydrogen) atoms. The van der Waals surface area contributed by atoms with Gasteiger partial charge < -0.3 is 59.1 Å². The number of amides is 3. The van der Waals surface area contributed by atoms with E-state index in [9.17, 15) is 14.4 Å². The lowest BCUT2D eigenvalue weighted by atomic mass is 10.0. The highest BCUT2D eigenvalue weighted by Gasteiger charge is 2.42. The van der Waals surface area contributed by atoms with Crippen molar-refractivity contribution >= 4 is 51.8 Å². The van der Waals surface area contributed by atoms with Crippen LogP contribution < -0.4 is 30.7 Å². The number of anilines is 6. The summed E-state index contributed by atoms with van der Waals surface area (Å²) < 4.78 is 34.7. The lowest BCUT2D eigenvalue weighted by Crippen LogP contribution is -2.45. The Morgan fingerprint density at radius 3 is 0.827 bits per heavy atom. The van der Waals surface area contributed by atoms with Gasteiger partial charge in [-0.05, 0) is 72.8 Å². The molecular weight excluding hydrogens is 955 g/mol. The predicted molar refractivity (Wildman–Crippen MR) is 284 cm³/mol. The minimum Gasteiger partial charge on any atom is -0.369 e. The molecule has 6 saturated heterocycles. The number of pyridine rings is 3. The van der Waals surface area contributed by atoms with Gasteiger partial charge in [0.05, 0.1) is 73.8 Å². The molecule has 6 aliphatic heterocycles. The van der Waals surface area contributed by atoms with Gasteiger partial charge in [-0.2, -0.15) is 0 Å². The number of piperidine rings is 3. The Hall–Kier alpha value is -7.32. The van der Waals surface area contributed by atoms with E-state index in [0.29, 0.717) is 56.7 Å². The highest BCUT2D eigenvalue weighted by atomic mass is 16.7. The second-order valence-electron chi connectivity index (χ2n) is 18.8. The summed E-state index contributed by atoms with van der Waals surface area (Å²) in [6.45, 7) is 9.04. The number of nitrogens with zero attached hydrogens (tertiary/aromatic N) is 6. The molecule has 0 atom stereocenters. The SMILES string of the molecule is O=C(Nc1ccccc1N1CCC2(CC1)OCCO2)c1ccccn1.O=C(Nc1ccccc1N1CCC2(CC1)OCCO2)c1ccccn1.O=C(Nc1ccccc1N1CCC2(CC1)OCCO2)c1ccccn1. The summed E-state index contributed by atoms with van der Waals surface area (Å²) in [4.78, 5) is 56.4. The van der Waals surface area contributed by atoms with Crippen LogP contribution in [0, 0.1) is 0 Å². The molecule has 18 heteroatoms. The monoisotopic (exact) mass is 1020 g/mol. The van der Waals surface area contributed by atoms with Crippen molar-refractivity contribution in [2.45, 2.75) is 55.9 Å². The maximum Gasteiger partial charge on any atom is 0.274 e. The van der Waals surface area contributed by atoms with Gasteiger partial charge in [0.2, 0.25) is 0 Å². The van der Waals surface area contributed by atoms with Crippen LogP contribution in [0.2, 0.25) is 0 Å². The number of benzene rings is 3. The Bertz CT molecular complexity index is 2510. The average molecular weight is 1020 g/mol. The van der Waals surface area contributed by atoms with E-state index >= 15 is 0 Å². The number of carbonyl (C=O) groups is 3. The summed E-state index contributed by atoms with van der Waals surface area (Å²) in [7, 11) is 0. The van der Waals surface area contributed by atoms with Crippen LogP contribution in [-0.2, 0) is 28.4 Å². The van der Waals surface area contributed by atoms with Crippen LogP contribution in [0.15, 0.2) is 146 Å². The van der Waals surface area contributed by atoms with E-state index in [1.165, 1.54) is 0 Å². The second kappa shape index (κ2) is 23.9. The van der Waals surface area contributed by atoms with Crippen LogP contribution >= 0.6 is 0 Å². The van der Waals surface area contributed by atoms with E-state index in [0.717, 1.165) is 112 Å². The molecular formula is C57H63N9O9. The third-order valence-corrected chi connectivity index (χ3v) is 14.2. The maximum atomic E-state index is 12.4. The summed E-state index contributed by atoms with van der Waals surface area (Å²) in [5.74, 6) is -1.81. The van der Waals surface area contributed by atoms with Crippen LogP contribution in [0.5, 0.6) is 0 Å². The molecule has 390 valence electrons. The zero-order valence-electron chi connectivity index (χ0n) is 41.9. The second-order valence-corrected chi connectivity index (χ2v) is 18.8. The van der Waals surface area contributed by atoms with Crippen LogP contribution in [0.4, 0.5) is 34.1 Å². The molecule has 9 heterocycles. The lowest BCUT2D eigenvalue weighted by molar-refractivity contribution is -0.169. The molecule has 0 unspecified atom stereocenters. The molecule has 3 amide bonds. The molecule has 3 N–H and O–H groups in total. The highest BCUT2D eigenvalue weighted by Crippen LogP contribution is 2.39. The van der Waals surface area contributed by atoms with Crippen molar-refractivity contribution < 1.29 is 42.8 Å². The molecule has 18 nitrogen and oxygen atoms in total. The summed E-state index contributed by atoms with van der Waals surface area (Å²) in [5.41, 5.74) is 6.64. The van der Waals surface area contributed by atoms with Gasteiger partial charge in [-0.25, -0.2) is 0 Å². The van der Waals surface area contributed by atoms with E-state index in [4.69, 9.17) is 28.4 Å². The van der Waals surface area contributed by atoms with Gasteiger partial charge >= 0.3 is 0 Å². The van der Waals surface area contributed by atoms with Crippen molar-refractivity contribution in [2.75, 3.05) is 110 Å². The predicted octanol–water partition coefficient (Wildman–Crippen LogP) is 8.03. The summed E-state index contributed by atoms with van der Waals surface area (Å²) in [6, 6.07) is 39.5. The average Bonchev–Trinajstić information content (AvgIpc) is 4.26. The fourth-order valence-corrected chi connectivity index (χ4v) is 10.2. The highest BCUT2D eigenvalue weighted by molar-refractivity contribution is 6.06. The third-order valence-electron chi connectivity index (χ3n) is 14.2. The molecule has 6 aliphatic rings. The van der Waals surface area contributed by atoms with E-state index in [1.807, 2.05) is 72.8 Å².